The number of hydrogen-bond donors (Lipinski definition) is 2. The average Bonchev–Trinajstić information content (AvgIpc) is 2.91. The molecule has 0 saturated carbocycles. The Morgan fingerprint density at radius 1 is 0.842 bits per heavy atom. The van der Waals surface area contributed by atoms with E-state index in [1.807, 2.05) is 30.3 Å². The van der Waals surface area contributed by atoms with Crippen LogP contribution >= 0.6 is 11.6 Å². The van der Waals surface area contributed by atoms with Crippen molar-refractivity contribution < 1.29 is 21.6 Å². The van der Waals surface area contributed by atoms with Crippen LogP contribution in [0.4, 0.5) is 11.4 Å². The van der Waals surface area contributed by atoms with E-state index in [0.717, 1.165) is 5.56 Å². The minimum absolute atomic E-state index is 0.0521. The van der Waals surface area contributed by atoms with Crippen LogP contribution in [0.15, 0.2) is 83.8 Å². The number of halogens is 1. The summed E-state index contributed by atoms with van der Waals surface area (Å²) in [6.07, 6.45) is 2.12. The second-order valence-corrected chi connectivity index (χ2v) is 13.4. The maximum atomic E-state index is 12.8. The van der Waals surface area contributed by atoms with E-state index in [0.29, 0.717) is 55.2 Å². The second-order valence-electron chi connectivity index (χ2n) is 9.20. The van der Waals surface area contributed by atoms with Gasteiger partial charge < -0.3 is 5.32 Å². The van der Waals surface area contributed by atoms with Gasteiger partial charge in [0.25, 0.3) is 10.0 Å². The van der Waals surface area contributed by atoms with Crippen molar-refractivity contribution in [1.82, 2.24) is 4.31 Å². The fourth-order valence-corrected chi connectivity index (χ4v) is 7.04. The summed E-state index contributed by atoms with van der Waals surface area (Å²) in [5.41, 5.74) is 1.97. The van der Waals surface area contributed by atoms with Gasteiger partial charge in [0.2, 0.25) is 15.9 Å². The van der Waals surface area contributed by atoms with Crippen LogP contribution in [0.25, 0.3) is 0 Å². The number of piperidine rings is 1. The first-order valence-corrected chi connectivity index (χ1v) is 15.8. The number of carbonyl (C=O) groups excluding carboxylic acids is 1. The fourth-order valence-electron chi connectivity index (χ4n) is 4.32. The van der Waals surface area contributed by atoms with Gasteiger partial charge >= 0.3 is 0 Å². The molecule has 0 aromatic heterocycles. The van der Waals surface area contributed by atoms with E-state index in [-0.39, 0.29) is 22.5 Å². The number of anilines is 2. The Morgan fingerprint density at radius 2 is 1.45 bits per heavy atom. The topological polar surface area (TPSA) is 113 Å². The molecule has 3 aromatic carbocycles. The molecule has 11 heteroatoms. The van der Waals surface area contributed by atoms with E-state index in [1.54, 1.807) is 24.3 Å². The summed E-state index contributed by atoms with van der Waals surface area (Å²) in [4.78, 5) is 12.8. The number of benzene rings is 3. The lowest BCUT2D eigenvalue weighted by Gasteiger charge is -2.30. The number of rotatable bonds is 10. The van der Waals surface area contributed by atoms with Crippen molar-refractivity contribution in [2.75, 3.05) is 28.9 Å². The maximum Gasteiger partial charge on any atom is 0.261 e. The molecule has 0 spiro atoms. The number of carbonyl (C=O) groups is 1. The second kappa shape index (κ2) is 12.3. The predicted octanol–water partition coefficient (Wildman–Crippen LogP) is 4.75. The van der Waals surface area contributed by atoms with Gasteiger partial charge in [0.05, 0.1) is 10.6 Å². The highest BCUT2D eigenvalue weighted by Crippen LogP contribution is 2.24. The summed E-state index contributed by atoms with van der Waals surface area (Å²) >= 11 is 5.84. The molecule has 0 aliphatic carbocycles. The van der Waals surface area contributed by atoms with Crippen molar-refractivity contribution in [2.24, 2.45) is 5.92 Å². The molecule has 1 amide bonds. The van der Waals surface area contributed by atoms with Gasteiger partial charge in [0.1, 0.15) is 0 Å². The number of amides is 1. The standard InChI is InChI=1S/C27H30ClN3O5S2/c28-23-8-10-25(11-9-23)30-38(35,36)26-14-12-24(13-15-26)29-27(32)22-16-18-31(19-17-22)37(33,34)20-4-7-21-5-2-1-3-6-21/h1-3,5-6,8-15,22,30H,4,7,16-20H2,(H,29,32). The SMILES string of the molecule is O=C(Nc1ccc(S(=O)(=O)Nc2ccc(Cl)cc2)cc1)C1CCN(S(=O)(=O)CCCc2ccccc2)CC1. The van der Waals surface area contributed by atoms with Gasteiger partial charge in [-0.3, -0.25) is 9.52 Å². The molecule has 0 bridgehead atoms. The molecular weight excluding hydrogens is 546 g/mol. The molecular formula is C27H30ClN3O5S2. The van der Waals surface area contributed by atoms with Gasteiger partial charge in [-0.15, -0.1) is 0 Å². The summed E-state index contributed by atoms with van der Waals surface area (Å²) in [6.45, 7) is 0.610. The highest BCUT2D eigenvalue weighted by atomic mass is 35.5. The highest BCUT2D eigenvalue weighted by molar-refractivity contribution is 7.92. The van der Waals surface area contributed by atoms with Gasteiger partial charge in [0.15, 0.2) is 0 Å². The number of aryl methyl sites for hydroxylation is 1. The van der Waals surface area contributed by atoms with Crippen molar-refractivity contribution in [1.29, 1.82) is 0 Å². The third kappa shape index (κ3) is 7.57. The molecule has 3 aromatic rings. The Bertz CT molecular complexity index is 1440. The predicted molar refractivity (Wildman–Crippen MR) is 150 cm³/mol. The third-order valence-corrected chi connectivity index (χ3v) is 10.1. The molecule has 2 N–H and O–H groups in total. The van der Waals surface area contributed by atoms with Gasteiger partial charge in [-0.25, -0.2) is 21.1 Å². The van der Waals surface area contributed by atoms with E-state index in [4.69, 9.17) is 11.6 Å². The number of nitrogens with zero attached hydrogens (tertiary/aromatic N) is 1. The fraction of sp³-hybridized carbons (Fsp3) is 0.296. The van der Waals surface area contributed by atoms with Gasteiger partial charge in [0, 0.05) is 35.4 Å². The van der Waals surface area contributed by atoms with E-state index in [9.17, 15) is 21.6 Å². The molecule has 1 saturated heterocycles. The first kappa shape index (κ1) is 28.1. The molecule has 1 aliphatic heterocycles. The van der Waals surface area contributed by atoms with Crippen molar-refractivity contribution in [3.63, 3.8) is 0 Å². The highest BCUT2D eigenvalue weighted by Gasteiger charge is 2.31. The van der Waals surface area contributed by atoms with Crippen molar-refractivity contribution in [2.45, 2.75) is 30.6 Å². The summed E-state index contributed by atoms with van der Waals surface area (Å²) in [7, 11) is -7.18. The Kier molecular flexibility index (Phi) is 9.09. The van der Waals surface area contributed by atoms with Crippen LogP contribution in [0.3, 0.4) is 0 Å². The zero-order chi connectivity index (χ0) is 27.2. The lowest BCUT2D eigenvalue weighted by Crippen LogP contribution is -2.42. The molecule has 4 rings (SSSR count). The third-order valence-electron chi connectivity index (χ3n) is 6.46. The monoisotopic (exact) mass is 575 g/mol. The summed E-state index contributed by atoms with van der Waals surface area (Å²) in [5.74, 6) is -0.442. The van der Waals surface area contributed by atoms with Crippen LogP contribution in [0.5, 0.6) is 0 Å². The van der Waals surface area contributed by atoms with Crippen molar-refractivity contribution >= 4 is 48.9 Å². The molecule has 0 unspecified atom stereocenters. The molecule has 38 heavy (non-hydrogen) atoms. The van der Waals surface area contributed by atoms with Gasteiger partial charge in [-0.05, 0) is 79.8 Å². The molecule has 0 atom stereocenters. The smallest absolute Gasteiger partial charge is 0.261 e. The lowest BCUT2D eigenvalue weighted by molar-refractivity contribution is -0.120. The zero-order valence-electron chi connectivity index (χ0n) is 20.7. The van der Waals surface area contributed by atoms with E-state index in [2.05, 4.69) is 10.0 Å². The Hall–Kier alpha value is -2.92. The van der Waals surface area contributed by atoms with E-state index >= 15 is 0 Å². The first-order valence-electron chi connectivity index (χ1n) is 12.3. The molecule has 0 radical (unpaired) electrons. The van der Waals surface area contributed by atoms with Gasteiger partial charge in [-0.1, -0.05) is 41.9 Å². The summed E-state index contributed by atoms with van der Waals surface area (Å²) in [6, 6.07) is 22.0. The van der Waals surface area contributed by atoms with Gasteiger partial charge in [-0.2, -0.15) is 0 Å². The molecule has 1 heterocycles. The Labute approximate surface area is 229 Å². The Morgan fingerprint density at radius 3 is 2.08 bits per heavy atom. The minimum atomic E-state index is -3.80. The molecule has 1 aliphatic rings. The van der Waals surface area contributed by atoms with E-state index in [1.165, 1.54) is 28.6 Å². The minimum Gasteiger partial charge on any atom is -0.326 e. The lowest BCUT2D eigenvalue weighted by atomic mass is 9.97. The van der Waals surface area contributed by atoms with Crippen molar-refractivity contribution in [3.8, 4) is 0 Å². The zero-order valence-corrected chi connectivity index (χ0v) is 23.1. The first-order chi connectivity index (χ1) is 18.1. The quantitative estimate of drug-likeness (QED) is 0.362. The average molecular weight is 576 g/mol. The maximum absolute atomic E-state index is 12.8. The van der Waals surface area contributed by atoms with Crippen LogP contribution in [0.1, 0.15) is 24.8 Å². The van der Waals surface area contributed by atoms with Crippen LogP contribution in [0, 0.1) is 5.92 Å². The van der Waals surface area contributed by atoms with E-state index < -0.39 is 20.0 Å². The number of sulfonamides is 2. The number of hydrogen-bond acceptors (Lipinski definition) is 5. The molecule has 8 nitrogen and oxygen atoms in total. The molecule has 1 fully saturated rings. The van der Waals surface area contributed by atoms with Crippen LogP contribution in [-0.4, -0.2) is 45.9 Å². The number of nitrogens with one attached hydrogen (secondary N) is 2. The van der Waals surface area contributed by atoms with Crippen LogP contribution < -0.4 is 10.0 Å². The Balaban J connectivity index is 1.25. The van der Waals surface area contributed by atoms with Crippen LogP contribution in [-0.2, 0) is 31.3 Å². The molecule has 202 valence electrons. The summed E-state index contributed by atoms with van der Waals surface area (Å²) < 4.78 is 54.7. The largest absolute Gasteiger partial charge is 0.326 e. The normalized spacial score (nSPS) is 15.2. The van der Waals surface area contributed by atoms with Crippen molar-refractivity contribution in [3.05, 3.63) is 89.4 Å². The summed E-state index contributed by atoms with van der Waals surface area (Å²) in [5, 5.41) is 3.31. The van der Waals surface area contributed by atoms with Crippen LogP contribution in [0.2, 0.25) is 5.02 Å².